The third kappa shape index (κ3) is 1.84. The minimum Gasteiger partial charge on any atom is -0.508 e. The SMILES string of the molecule is Oc1ccc2c3c([nH]c2c1)CCC(N1CCCC1)C3. The Kier molecular flexibility index (Phi) is 2.55. The summed E-state index contributed by atoms with van der Waals surface area (Å²) in [6, 6.07) is 6.43. The first-order chi connectivity index (χ1) is 9.31. The van der Waals surface area contributed by atoms with E-state index < -0.39 is 0 Å². The van der Waals surface area contributed by atoms with Gasteiger partial charge in [0.15, 0.2) is 0 Å². The molecule has 1 aromatic carbocycles. The lowest BCUT2D eigenvalue weighted by atomic mass is 9.90. The van der Waals surface area contributed by atoms with E-state index in [1.807, 2.05) is 6.07 Å². The summed E-state index contributed by atoms with van der Waals surface area (Å²) in [4.78, 5) is 6.16. The van der Waals surface area contributed by atoms with Gasteiger partial charge in [0.05, 0.1) is 0 Å². The molecule has 4 rings (SSSR count). The number of nitrogens with zero attached hydrogens (tertiary/aromatic N) is 1. The van der Waals surface area contributed by atoms with Crippen molar-refractivity contribution in [1.82, 2.24) is 9.88 Å². The Morgan fingerprint density at radius 3 is 2.89 bits per heavy atom. The monoisotopic (exact) mass is 256 g/mol. The third-order valence-electron chi connectivity index (χ3n) is 4.80. The highest BCUT2D eigenvalue weighted by molar-refractivity contribution is 5.86. The quantitative estimate of drug-likeness (QED) is 0.823. The molecule has 100 valence electrons. The largest absolute Gasteiger partial charge is 0.508 e. The molecule has 1 atom stereocenters. The van der Waals surface area contributed by atoms with Crippen LogP contribution in [-0.4, -0.2) is 34.1 Å². The Balaban J connectivity index is 1.71. The van der Waals surface area contributed by atoms with Gasteiger partial charge in [-0.15, -0.1) is 0 Å². The lowest BCUT2D eigenvalue weighted by Gasteiger charge is -2.31. The maximum absolute atomic E-state index is 9.59. The van der Waals surface area contributed by atoms with Crippen LogP contribution in [0, 0.1) is 0 Å². The maximum Gasteiger partial charge on any atom is 0.117 e. The standard InChI is InChI=1S/C16H20N2O/c19-12-4-5-13-14-9-11(18-7-1-2-8-18)3-6-15(14)17-16(13)10-12/h4-5,10-11,17,19H,1-3,6-9H2. The highest BCUT2D eigenvalue weighted by Crippen LogP contribution is 2.33. The van der Waals surface area contributed by atoms with Crippen LogP contribution in [0.1, 0.15) is 30.5 Å². The van der Waals surface area contributed by atoms with Gasteiger partial charge in [-0.2, -0.15) is 0 Å². The molecule has 0 spiro atoms. The van der Waals surface area contributed by atoms with Crippen molar-refractivity contribution in [1.29, 1.82) is 0 Å². The molecule has 1 unspecified atom stereocenters. The fourth-order valence-corrected chi connectivity index (χ4v) is 3.81. The molecule has 1 aliphatic heterocycles. The number of phenols is 1. The first-order valence-corrected chi connectivity index (χ1v) is 7.38. The molecule has 0 radical (unpaired) electrons. The Hall–Kier alpha value is -1.48. The summed E-state index contributed by atoms with van der Waals surface area (Å²) < 4.78 is 0. The summed E-state index contributed by atoms with van der Waals surface area (Å²) in [5, 5.41) is 10.9. The molecular formula is C16H20N2O. The van der Waals surface area contributed by atoms with Crippen molar-refractivity contribution in [2.75, 3.05) is 13.1 Å². The summed E-state index contributed by atoms with van der Waals surface area (Å²) in [7, 11) is 0. The predicted molar refractivity (Wildman–Crippen MR) is 76.6 cm³/mol. The molecular weight excluding hydrogens is 236 g/mol. The number of likely N-dealkylation sites (tertiary alicyclic amines) is 1. The fourth-order valence-electron chi connectivity index (χ4n) is 3.81. The van der Waals surface area contributed by atoms with E-state index in [1.165, 1.54) is 55.4 Å². The Morgan fingerprint density at radius 2 is 2.05 bits per heavy atom. The number of rotatable bonds is 1. The molecule has 3 heteroatoms. The Labute approximate surface area is 113 Å². The zero-order chi connectivity index (χ0) is 12.8. The van der Waals surface area contributed by atoms with Crippen LogP contribution in [0.2, 0.25) is 0 Å². The summed E-state index contributed by atoms with van der Waals surface area (Å²) in [5.41, 5.74) is 3.96. The molecule has 1 saturated heterocycles. The van der Waals surface area contributed by atoms with Crippen molar-refractivity contribution in [3.05, 3.63) is 29.5 Å². The predicted octanol–water partition coefficient (Wildman–Crippen LogP) is 2.83. The second-order valence-corrected chi connectivity index (χ2v) is 5.95. The molecule has 1 aliphatic carbocycles. The van der Waals surface area contributed by atoms with Crippen LogP contribution in [-0.2, 0) is 12.8 Å². The van der Waals surface area contributed by atoms with Gasteiger partial charge in [0.25, 0.3) is 0 Å². The zero-order valence-electron chi connectivity index (χ0n) is 11.2. The molecule has 2 heterocycles. The topological polar surface area (TPSA) is 39.3 Å². The lowest BCUT2D eigenvalue weighted by molar-refractivity contribution is 0.222. The van der Waals surface area contributed by atoms with Gasteiger partial charge in [-0.25, -0.2) is 0 Å². The molecule has 2 N–H and O–H groups in total. The first-order valence-electron chi connectivity index (χ1n) is 7.38. The Bertz CT molecular complexity index is 610. The van der Waals surface area contributed by atoms with Gasteiger partial charge in [-0.1, -0.05) is 0 Å². The van der Waals surface area contributed by atoms with Crippen molar-refractivity contribution in [2.45, 2.75) is 38.1 Å². The van der Waals surface area contributed by atoms with E-state index in [2.05, 4.69) is 16.0 Å². The van der Waals surface area contributed by atoms with E-state index in [4.69, 9.17) is 0 Å². The smallest absolute Gasteiger partial charge is 0.117 e. The number of aromatic hydroxyl groups is 1. The second-order valence-electron chi connectivity index (χ2n) is 5.95. The molecule has 2 aliphatic rings. The highest BCUT2D eigenvalue weighted by Gasteiger charge is 2.28. The van der Waals surface area contributed by atoms with Crippen LogP contribution in [0.15, 0.2) is 18.2 Å². The van der Waals surface area contributed by atoms with E-state index in [0.29, 0.717) is 5.75 Å². The third-order valence-corrected chi connectivity index (χ3v) is 4.80. The lowest BCUT2D eigenvalue weighted by Crippen LogP contribution is -2.37. The summed E-state index contributed by atoms with van der Waals surface area (Å²) in [5.74, 6) is 0.349. The molecule has 0 amide bonds. The average molecular weight is 256 g/mol. The number of nitrogens with one attached hydrogen (secondary N) is 1. The summed E-state index contributed by atoms with van der Waals surface area (Å²) in [6.45, 7) is 2.56. The minimum absolute atomic E-state index is 0.349. The fraction of sp³-hybridized carbons (Fsp3) is 0.500. The number of aromatic nitrogens is 1. The van der Waals surface area contributed by atoms with Crippen molar-refractivity contribution < 1.29 is 5.11 Å². The van der Waals surface area contributed by atoms with Gasteiger partial charge >= 0.3 is 0 Å². The number of hydrogen-bond acceptors (Lipinski definition) is 2. The number of fused-ring (bicyclic) bond motifs is 3. The zero-order valence-corrected chi connectivity index (χ0v) is 11.2. The van der Waals surface area contributed by atoms with Crippen LogP contribution >= 0.6 is 0 Å². The number of phenolic OH excluding ortho intramolecular Hbond substituents is 1. The molecule has 1 aromatic heterocycles. The normalized spacial score (nSPS) is 23.9. The van der Waals surface area contributed by atoms with E-state index in [1.54, 1.807) is 6.07 Å². The number of benzene rings is 1. The van der Waals surface area contributed by atoms with E-state index in [-0.39, 0.29) is 0 Å². The van der Waals surface area contributed by atoms with Crippen LogP contribution in [0.25, 0.3) is 10.9 Å². The van der Waals surface area contributed by atoms with Crippen LogP contribution in [0.3, 0.4) is 0 Å². The van der Waals surface area contributed by atoms with Crippen LogP contribution in [0.4, 0.5) is 0 Å². The Morgan fingerprint density at radius 1 is 1.21 bits per heavy atom. The van der Waals surface area contributed by atoms with E-state index in [9.17, 15) is 5.11 Å². The number of aryl methyl sites for hydroxylation is 1. The van der Waals surface area contributed by atoms with Gasteiger partial charge in [0.1, 0.15) is 5.75 Å². The summed E-state index contributed by atoms with van der Waals surface area (Å²) >= 11 is 0. The number of aromatic amines is 1. The van der Waals surface area contributed by atoms with Crippen LogP contribution < -0.4 is 0 Å². The highest BCUT2D eigenvalue weighted by atomic mass is 16.3. The number of H-pyrrole nitrogens is 1. The molecule has 0 saturated carbocycles. The van der Waals surface area contributed by atoms with Gasteiger partial charge in [-0.3, -0.25) is 0 Å². The first kappa shape index (κ1) is 11.4. The van der Waals surface area contributed by atoms with E-state index >= 15 is 0 Å². The summed E-state index contributed by atoms with van der Waals surface area (Å²) in [6.07, 6.45) is 6.31. The van der Waals surface area contributed by atoms with Gasteiger partial charge in [-0.05, 0) is 62.9 Å². The van der Waals surface area contributed by atoms with Crippen molar-refractivity contribution in [3.8, 4) is 5.75 Å². The number of hydrogen-bond donors (Lipinski definition) is 2. The van der Waals surface area contributed by atoms with Gasteiger partial charge in [0, 0.05) is 28.7 Å². The van der Waals surface area contributed by atoms with Crippen LogP contribution in [0.5, 0.6) is 5.75 Å². The van der Waals surface area contributed by atoms with Gasteiger partial charge < -0.3 is 15.0 Å². The molecule has 1 fully saturated rings. The molecule has 19 heavy (non-hydrogen) atoms. The van der Waals surface area contributed by atoms with Gasteiger partial charge in [0.2, 0.25) is 0 Å². The molecule has 2 aromatic rings. The second kappa shape index (κ2) is 4.27. The van der Waals surface area contributed by atoms with Crippen molar-refractivity contribution in [3.63, 3.8) is 0 Å². The van der Waals surface area contributed by atoms with E-state index in [0.717, 1.165) is 18.0 Å². The van der Waals surface area contributed by atoms with Crippen molar-refractivity contribution >= 4 is 10.9 Å². The maximum atomic E-state index is 9.59. The minimum atomic E-state index is 0.349. The molecule has 3 nitrogen and oxygen atoms in total. The van der Waals surface area contributed by atoms with Crippen molar-refractivity contribution in [2.24, 2.45) is 0 Å². The average Bonchev–Trinajstić information content (AvgIpc) is 3.04. The molecule has 0 bridgehead atoms.